The number of rotatable bonds is 2. The van der Waals surface area contributed by atoms with Crippen LogP contribution >= 0.6 is 0 Å². The standard InChI is InChI=1S/C15H22N2/c1-2-11-6-5-9-17(11)15-10-14(16)12-7-3-4-8-13(12)15/h3-4,7-8,11,14-15H,2,5-6,9-10,16H2,1H3. The predicted octanol–water partition coefficient (Wildman–Crippen LogP) is 3.01. The van der Waals surface area contributed by atoms with Crippen LogP contribution in [0.25, 0.3) is 0 Å². The zero-order valence-corrected chi connectivity index (χ0v) is 10.6. The second-order valence-electron chi connectivity index (χ2n) is 5.43. The zero-order valence-electron chi connectivity index (χ0n) is 10.6. The van der Waals surface area contributed by atoms with Gasteiger partial charge < -0.3 is 5.73 Å². The van der Waals surface area contributed by atoms with E-state index < -0.39 is 0 Å². The number of likely N-dealkylation sites (tertiary alicyclic amines) is 1. The van der Waals surface area contributed by atoms with E-state index in [0.29, 0.717) is 6.04 Å². The highest BCUT2D eigenvalue weighted by molar-refractivity contribution is 5.37. The molecule has 92 valence electrons. The van der Waals surface area contributed by atoms with Gasteiger partial charge in [-0.25, -0.2) is 0 Å². The molecule has 1 saturated heterocycles. The Labute approximate surface area is 104 Å². The molecule has 3 unspecified atom stereocenters. The molecular formula is C15H22N2. The van der Waals surface area contributed by atoms with E-state index in [-0.39, 0.29) is 6.04 Å². The van der Waals surface area contributed by atoms with E-state index in [0.717, 1.165) is 12.5 Å². The van der Waals surface area contributed by atoms with Crippen LogP contribution in [0.5, 0.6) is 0 Å². The van der Waals surface area contributed by atoms with Crippen LogP contribution in [0.15, 0.2) is 24.3 Å². The van der Waals surface area contributed by atoms with Crippen molar-refractivity contribution in [3.8, 4) is 0 Å². The average molecular weight is 230 g/mol. The summed E-state index contributed by atoms with van der Waals surface area (Å²) in [5.41, 5.74) is 9.13. The predicted molar refractivity (Wildman–Crippen MR) is 70.7 cm³/mol. The molecule has 1 heterocycles. The lowest BCUT2D eigenvalue weighted by molar-refractivity contribution is 0.171. The van der Waals surface area contributed by atoms with Crippen LogP contribution in [0.1, 0.15) is 55.8 Å². The Morgan fingerprint density at radius 1 is 1.29 bits per heavy atom. The molecule has 2 nitrogen and oxygen atoms in total. The molecule has 0 spiro atoms. The highest BCUT2D eigenvalue weighted by Crippen LogP contribution is 2.43. The summed E-state index contributed by atoms with van der Waals surface area (Å²) in [6, 6.07) is 10.3. The third kappa shape index (κ3) is 1.80. The molecule has 3 rings (SSSR count). The summed E-state index contributed by atoms with van der Waals surface area (Å²) in [6.07, 6.45) is 5.10. The molecule has 1 aromatic carbocycles. The fourth-order valence-corrected chi connectivity index (χ4v) is 3.67. The molecule has 1 aliphatic carbocycles. The van der Waals surface area contributed by atoms with Crippen molar-refractivity contribution in [3.63, 3.8) is 0 Å². The Balaban J connectivity index is 1.91. The fraction of sp³-hybridized carbons (Fsp3) is 0.600. The summed E-state index contributed by atoms with van der Waals surface area (Å²) in [5.74, 6) is 0. The van der Waals surface area contributed by atoms with Crippen LogP contribution in [0, 0.1) is 0 Å². The molecule has 1 aromatic rings. The molecule has 2 aliphatic rings. The van der Waals surface area contributed by atoms with Crippen molar-refractivity contribution in [2.75, 3.05) is 6.54 Å². The first kappa shape index (κ1) is 11.2. The minimum absolute atomic E-state index is 0.245. The Morgan fingerprint density at radius 2 is 2.06 bits per heavy atom. The van der Waals surface area contributed by atoms with Crippen LogP contribution in [0.4, 0.5) is 0 Å². The highest BCUT2D eigenvalue weighted by atomic mass is 15.2. The summed E-state index contributed by atoms with van der Waals surface area (Å²) in [6.45, 7) is 3.56. The first-order valence-electron chi connectivity index (χ1n) is 6.91. The fourth-order valence-electron chi connectivity index (χ4n) is 3.67. The maximum Gasteiger partial charge on any atom is 0.0372 e. The SMILES string of the molecule is CCC1CCCN1C1CC(N)c2ccccc21. The maximum atomic E-state index is 6.26. The van der Waals surface area contributed by atoms with E-state index in [4.69, 9.17) is 5.73 Å². The number of benzene rings is 1. The van der Waals surface area contributed by atoms with E-state index in [1.54, 1.807) is 0 Å². The van der Waals surface area contributed by atoms with Gasteiger partial charge in [-0.05, 0) is 43.4 Å². The largest absolute Gasteiger partial charge is 0.324 e. The molecule has 0 bridgehead atoms. The summed E-state index contributed by atoms with van der Waals surface area (Å²) in [7, 11) is 0. The minimum Gasteiger partial charge on any atom is -0.324 e. The van der Waals surface area contributed by atoms with Gasteiger partial charge in [0.05, 0.1) is 0 Å². The van der Waals surface area contributed by atoms with Gasteiger partial charge in [-0.1, -0.05) is 31.2 Å². The van der Waals surface area contributed by atoms with Gasteiger partial charge in [-0.15, -0.1) is 0 Å². The number of fused-ring (bicyclic) bond motifs is 1. The molecule has 2 heteroatoms. The second kappa shape index (κ2) is 4.43. The number of nitrogens with zero attached hydrogens (tertiary/aromatic N) is 1. The Hall–Kier alpha value is -0.860. The lowest BCUT2D eigenvalue weighted by atomic mass is 10.1. The summed E-state index contributed by atoms with van der Waals surface area (Å²) in [5, 5.41) is 0. The van der Waals surface area contributed by atoms with Crippen molar-refractivity contribution < 1.29 is 0 Å². The van der Waals surface area contributed by atoms with E-state index in [9.17, 15) is 0 Å². The summed E-state index contributed by atoms with van der Waals surface area (Å²) in [4.78, 5) is 2.70. The molecule has 0 aromatic heterocycles. The van der Waals surface area contributed by atoms with E-state index in [1.807, 2.05) is 0 Å². The van der Waals surface area contributed by atoms with Gasteiger partial charge in [-0.3, -0.25) is 4.90 Å². The normalized spacial score (nSPS) is 32.9. The summed E-state index contributed by atoms with van der Waals surface area (Å²) >= 11 is 0. The monoisotopic (exact) mass is 230 g/mol. The van der Waals surface area contributed by atoms with Gasteiger partial charge in [0.25, 0.3) is 0 Å². The topological polar surface area (TPSA) is 29.3 Å². The van der Waals surface area contributed by atoms with E-state index >= 15 is 0 Å². The molecular weight excluding hydrogens is 208 g/mol. The van der Waals surface area contributed by atoms with Gasteiger partial charge in [0.15, 0.2) is 0 Å². The zero-order chi connectivity index (χ0) is 11.8. The lowest BCUT2D eigenvalue weighted by Gasteiger charge is -2.30. The van der Waals surface area contributed by atoms with Crippen molar-refractivity contribution in [1.82, 2.24) is 4.90 Å². The van der Waals surface area contributed by atoms with Gasteiger partial charge in [0.1, 0.15) is 0 Å². The van der Waals surface area contributed by atoms with Gasteiger partial charge >= 0.3 is 0 Å². The van der Waals surface area contributed by atoms with Crippen molar-refractivity contribution in [1.29, 1.82) is 0 Å². The van der Waals surface area contributed by atoms with Gasteiger partial charge in [0.2, 0.25) is 0 Å². The second-order valence-corrected chi connectivity index (χ2v) is 5.43. The van der Waals surface area contributed by atoms with E-state index in [1.165, 1.54) is 36.9 Å². The molecule has 3 atom stereocenters. The third-order valence-corrected chi connectivity index (χ3v) is 4.53. The number of nitrogens with two attached hydrogens (primary N) is 1. The molecule has 0 amide bonds. The number of hydrogen-bond acceptors (Lipinski definition) is 2. The van der Waals surface area contributed by atoms with Crippen molar-refractivity contribution in [3.05, 3.63) is 35.4 Å². The smallest absolute Gasteiger partial charge is 0.0372 e. The Morgan fingerprint density at radius 3 is 2.82 bits per heavy atom. The van der Waals surface area contributed by atoms with Crippen molar-refractivity contribution in [2.45, 2.75) is 50.7 Å². The highest BCUT2D eigenvalue weighted by Gasteiger charge is 2.36. The molecule has 0 saturated carbocycles. The van der Waals surface area contributed by atoms with E-state index in [2.05, 4.69) is 36.1 Å². The Bertz CT molecular complexity index is 402. The van der Waals surface area contributed by atoms with Crippen LogP contribution in [0.3, 0.4) is 0 Å². The van der Waals surface area contributed by atoms with Crippen molar-refractivity contribution in [2.24, 2.45) is 5.73 Å². The molecule has 1 aliphatic heterocycles. The first-order chi connectivity index (χ1) is 8.31. The first-order valence-corrected chi connectivity index (χ1v) is 6.91. The minimum atomic E-state index is 0.245. The average Bonchev–Trinajstić information content (AvgIpc) is 2.94. The third-order valence-electron chi connectivity index (χ3n) is 4.53. The molecule has 1 fully saturated rings. The van der Waals surface area contributed by atoms with Crippen LogP contribution in [-0.2, 0) is 0 Å². The van der Waals surface area contributed by atoms with Crippen LogP contribution in [0.2, 0.25) is 0 Å². The van der Waals surface area contributed by atoms with Crippen molar-refractivity contribution >= 4 is 0 Å². The van der Waals surface area contributed by atoms with Crippen LogP contribution in [-0.4, -0.2) is 17.5 Å². The summed E-state index contributed by atoms with van der Waals surface area (Å²) < 4.78 is 0. The maximum absolute atomic E-state index is 6.26. The lowest BCUT2D eigenvalue weighted by Crippen LogP contribution is -2.32. The molecule has 0 radical (unpaired) electrons. The Kier molecular flexibility index (Phi) is 2.93. The van der Waals surface area contributed by atoms with Gasteiger partial charge in [-0.2, -0.15) is 0 Å². The van der Waals surface area contributed by atoms with Crippen LogP contribution < -0.4 is 5.73 Å². The number of hydrogen-bond donors (Lipinski definition) is 1. The molecule has 2 N–H and O–H groups in total. The van der Waals surface area contributed by atoms with Gasteiger partial charge in [0, 0.05) is 18.1 Å². The molecule has 17 heavy (non-hydrogen) atoms. The quantitative estimate of drug-likeness (QED) is 0.846.